The second-order valence-electron chi connectivity index (χ2n) is 8.15. The highest BCUT2D eigenvalue weighted by atomic mass is 32.2. The molecule has 0 spiro atoms. The Kier molecular flexibility index (Phi) is 6.03. The topological polar surface area (TPSA) is 103 Å². The van der Waals surface area contributed by atoms with Crippen LogP contribution in [0.4, 0.5) is 5.82 Å². The molecule has 11 heteroatoms. The van der Waals surface area contributed by atoms with Crippen molar-refractivity contribution in [2.45, 2.75) is 11.8 Å². The number of anilines is 1. The second kappa shape index (κ2) is 9.16. The average Bonchev–Trinajstić information content (AvgIpc) is 3.32. The molecule has 1 aliphatic rings. The van der Waals surface area contributed by atoms with E-state index in [1.165, 1.54) is 4.31 Å². The minimum Gasteiger partial charge on any atom is -0.497 e. The lowest BCUT2D eigenvalue weighted by Gasteiger charge is -2.35. The first-order chi connectivity index (χ1) is 16.9. The number of rotatable bonds is 6. The fraction of sp³-hybridized carbons (Fsp3) is 0.292. The van der Waals surface area contributed by atoms with Crippen molar-refractivity contribution in [2.75, 3.05) is 45.3 Å². The Morgan fingerprint density at radius 2 is 1.43 bits per heavy atom. The van der Waals surface area contributed by atoms with Gasteiger partial charge in [-0.1, -0.05) is 0 Å². The summed E-state index contributed by atoms with van der Waals surface area (Å²) in [5.41, 5.74) is 1.56. The molecule has 1 aliphatic heterocycles. The van der Waals surface area contributed by atoms with Crippen LogP contribution in [0, 0.1) is 6.92 Å². The van der Waals surface area contributed by atoms with Crippen LogP contribution >= 0.6 is 0 Å². The molecule has 1 saturated heterocycles. The number of fused-ring (bicyclic) bond motifs is 1. The molecule has 3 heterocycles. The van der Waals surface area contributed by atoms with Crippen LogP contribution in [0.3, 0.4) is 0 Å². The standard InChI is InChI=1S/C24H26N6O4S/c1-17-26-23(22-16-25-30(24(22)27-17)18-4-6-19(33-2)7-5-18)28-12-14-29(15-13-28)35(31,32)21-10-8-20(34-3)9-11-21/h4-11,16H,12-15H2,1-3H3. The van der Waals surface area contributed by atoms with Crippen LogP contribution in [-0.2, 0) is 10.0 Å². The summed E-state index contributed by atoms with van der Waals surface area (Å²) in [4.78, 5) is 11.7. The number of piperazine rings is 1. The van der Waals surface area contributed by atoms with Gasteiger partial charge in [0.2, 0.25) is 10.0 Å². The number of benzene rings is 2. The van der Waals surface area contributed by atoms with E-state index in [4.69, 9.17) is 9.47 Å². The van der Waals surface area contributed by atoms with Gasteiger partial charge < -0.3 is 14.4 Å². The first-order valence-corrected chi connectivity index (χ1v) is 12.6. The monoisotopic (exact) mass is 494 g/mol. The summed E-state index contributed by atoms with van der Waals surface area (Å²) in [5, 5.41) is 5.37. The smallest absolute Gasteiger partial charge is 0.243 e. The average molecular weight is 495 g/mol. The van der Waals surface area contributed by atoms with Crippen molar-refractivity contribution >= 4 is 26.9 Å². The number of methoxy groups -OCH3 is 2. The summed E-state index contributed by atoms with van der Waals surface area (Å²) in [7, 11) is -0.410. The van der Waals surface area contributed by atoms with Crippen LogP contribution in [0.1, 0.15) is 5.82 Å². The van der Waals surface area contributed by atoms with Crippen LogP contribution in [-0.4, -0.2) is 72.9 Å². The molecule has 0 unspecified atom stereocenters. The number of hydrogen-bond acceptors (Lipinski definition) is 8. The Labute approximate surface area is 203 Å². The molecule has 0 N–H and O–H groups in total. The highest BCUT2D eigenvalue weighted by Crippen LogP contribution is 2.28. The van der Waals surface area contributed by atoms with Gasteiger partial charge in [-0.05, 0) is 55.5 Å². The van der Waals surface area contributed by atoms with Gasteiger partial charge in [-0.15, -0.1) is 0 Å². The molecule has 0 atom stereocenters. The minimum absolute atomic E-state index is 0.257. The molecule has 2 aromatic heterocycles. The summed E-state index contributed by atoms with van der Waals surface area (Å²) < 4.78 is 39.9. The van der Waals surface area contributed by atoms with Gasteiger partial charge in [-0.3, -0.25) is 0 Å². The molecule has 35 heavy (non-hydrogen) atoms. The molecular formula is C24H26N6O4S. The Morgan fingerprint density at radius 3 is 2.03 bits per heavy atom. The molecule has 4 aromatic rings. The van der Waals surface area contributed by atoms with E-state index in [0.29, 0.717) is 43.4 Å². The quantitative estimate of drug-likeness (QED) is 0.403. The van der Waals surface area contributed by atoms with Crippen molar-refractivity contribution < 1.29 is 17.9 Å². The van der Waals surface area contributed by atoms with Crippen molar-refractivity contribution in [3.05, 3.63) is 60.6 Å². The minimum atomic E-state index is -3.59. The Balaban J connectivity index is 1.39. The largest absolute Gasteiger partial charge is 0.497 e. The summed E-state index contributed by atoms with van der Waals surface area (Å²) in [6.07, 6.45) is 1.76. The van der Waals surface area contributed by atoms with Gasteiger partial charge in [0.1, 0.15) is 23.1 Å². The number of aromatic nitrogens is 4. The van der Waals surface area contributed by atoms with Crippen LogP contribution in [0.5, 0.6) is 11.5 Å². The van der Waals surface area contributed by atoms with Crippen molar-refractivity contribution in [1.82, 2.24) is 24.1 Å². The van der Waals surface area contributed by atoms with Gasteiger partial charge in [0.15, 0.2) is 5.65 Å². The number of hydrogen-bond donors (Lipinski definition) is 0. The summed E-state index contributed by atoms with van der Waals surface area (Å²) in [6, 6.07) is 14.1. The first kappa shape index (κ1) is 23.1. The Hall–Kier alpha value is -3.70. The van der Waals surface area contributed by atoms with E-state index in [2.05, 4.69) is 20.0 Å². The number of ether oxygens (including phenoxy) is 2. The summed E-state index contributed by atoms with van der Waals surface area (Å²) in [5.74, 6) is 2.76. The third-order valence-corrected chi connectivity index (χ3v) is 7.99. The maximum atomic E-state index is 13.1. The molecular weight excluding hydrogens is 468 g/mol. The van der Waals surface area contributed by atoms with Gasteiger partial charge in [0.25, 0.3) is 0 Å². The zero-order valence-electron chi connectivity index (χ0n) is 19.7. The Bertz CT molecular complexity index is 1440. The van der Waals surface area contributed by atoms with Crippen molar-refractivity contribution in [1.29, 1.82) is 0 Å². The number of nitrogens with zero attached hydrogens (tertiary/aromatic N) is 6. The molecule has 0 aliphatic carbocycles. The van der Waals surface area contributed by atoms with Gasteiger partial charge in [-0.2, -0.15) is 9.40 Å². The van der Waals surface area contributed by atoms with E-state index >= 15 is 0 Å². The SMILES string of the molecule is COc1ccc(-n2ncc3c(N4CCN(S(=O)(=O)c5ccc(OC)cc5)CC4)nc(C)nc32)cc1. The molecule has 5 rings (SSSR count). The maximum Gasteiger partial charge on any atom is 0.243 e. The predicted molar refractivity (Wildman–Crippen MR) is 132 cm³/mol. The van der Waals surface area contributed by atoms with E-state index in [9.17, 15) is 8.42 Å². The third kappa shape index (κ3) is 4.28. The predicted octanol–water partition coefficient (Wildman–Crippen LogP) is 2.65. The molecule has 0 bridgehead atoms. The van der Waals surface area contributed by atoms with Crippen LogP contribution < -0.4 is 14.4 Å². The number of sulfonamides is 1. The van der Waals surface area contributed by atoms with Crippen molar-refractivity contribution in [2.24, 2.45) is 0 Å². The van der Waals surface area contributed by atoms with E-state index < -0.39 is 10.0 Å². The van der Waals surface area contributed by atoms with E-state index in [1.54, 1.807) is 49.4 Å². The Morgan fingerprint density at radius 1 is 0.829 bits per heavy atom. The first-order valence-electron chi connectivity index (χ1n) is 11.2. The summed E-state index contributed by atoms with van der Waals surface area (Å²) in [6.45, 7) is 3.57. The fourth-order valence-electron chi connectivity index (χ4n) is 4.19. The van der Waals surface area contributed by atoms with E-state index in [0.717, 1.165) is 22.6 Å². The maximum absolute atomic E-state index is 13.1. The normalized spacial score (nSPS) is 14.9. The van der Waals surface area contributed by atoms with Crippen LogP contribution in [0.25, 0.3) is 16.7 Å². The van der Waals surface area contributed by atoms with Gasteiger partial charge >= 0.3 is 0 Å². The molecule has 2 aromatic carbocycles. The van der Waals surface area contributed by atoms with E-state index in [-0.39, 0.29) is 4.90 Å². The van der Waals surface area contributed by atoms with Gasteiger partial charge in [0, 0.05) is 26.2 Å². The summed E-state index contributed by atoms with van der Waals surface area (Å²) >= 11 is 0. The lowest BCUT2D eigenvalue weighted by molar-refractivity contribution is 0.384. The highest BCUT2D eigenvalue weighted by Gasteiger charge is 2.30. The highest BCUT2D eigenvalue weighted by molar-refractivity contribution is 7.89. The van der Waals surface area contributed by atoms with Gasteiger partial charge in [-0.25, -0.2) is 23.1 Å². The molecule has 10 nitrogen and oxygen atoms in total. The number of aryl methyl sites for hydroxylation is 1. The molecule has 182 valence electrons. The molecule has 0 amide bonds. The van der Waals surface area contributed by atoms with E-state index in [1.807, 2.05) is 31.2 Å². The lowest BCUT2D eigenvalue weighted by Crippen LogP contribution is -2.49. The molecule has 1 fully saturated rings. The van der Waals surface area contributed by atoms with Crippen LogP contribution in [0.15, 0.2) is 59.6 Å². The molecule has 0 saturated carbocycles. The lowest BCUT2D eigenvalue weighted by atomic mass is 10.3. The second-order valence-corrected chi connectivity index (χ2v) is 10.1. The van der Waals surface area contributed by atoms with Crippen molar-refractivity contribution in [3.8, 4) is 17.2 Å². The zero-order chi connectivity index (χ0) is 24.6. The van der Waals surface area contributed by atoms with Gasteiger partial charge in [0.05, 0.1) is 36.4 Å². The fourth-order valence-corrected chi connectivity index (χ4v) is 5.61. The zero-order valence-corrected chi connectivity index (χ0v) is 20.6. The van der Waals surface area contributed by atoms with Crippen LogP contribution in [0.2, 0.25) is 0 Å². The third-order valence-electron chi connectivity index (χ3n) is 6.07. The molecule has 0 radical (unpaired) electrons. The van der Waals surface area contributed by atoms with Crippen molar-refractivity contribution in [3.63, 3.8) is 0 Å².